The van der Waals surface area contributed by atoms with Crippen LogP contribution >= 0.6 is 11.3 Å². The van der Waals surface area contributed by atoms with E-state index in [2.05, 4.69) is 173 Å². The number of fused-ring (bicyclic) bond motifs is 7. The summed E-state index contributed by atoms with van der Waals surface area (Å²) < 4.78 is 4.82. The molecule has 0 unspecified atom stereocenters. The van der Waals surface area contributed by atoms with Crippen LogP contribution in [-0.2, 0) is 0 Å². The maximum atomic E-state index is 4.84. The first kappa shape index (κ1) is 27.8. The normalized spacial score (nSPS) is 11.7. The molecule has 0 aliphatic carbocycles. The minimum absolute atomic E-state index is 1.06. The summed E-state index contributed by atoms with van der Waals surface area (Å²) in [6.45, 7) is 0. The number of nitrogens with zero attached hydrogens (tertiary/aromatic N) is 3. The molecule has 230 valence electrons. The van der Waals surface area contributed by atoms with E-state index in [-0.39, 0.29) is 0 Å². The molecule has 0 bridgehead atoms. The number of rotatable bonds is 5. The summed E-state index contributed by atoms with van der Waals surface area (Å²) in [5.41, 5.74) is 9.11. The van der Waals surface area contributed by atoms with E-state index in [4.69, 9.17) is 4.98 Å². The van der Waals surface area contributed by atoms with E-state index in [1.54, 1.807) is 0 Å². The van der Waals surface area contributed by atoms with Crippen LogP contribution in [0.15, 0.2) is 176 Å². The Labute approximate surface area is 287 Å². The number of thiophene rings is 1. The highest BCUT2D eigenvalue weighted by atomic mass is 32.1. The molecule has 0 spiro atoms. The molecule has 3 heterocycles. The van der Waals surface area contributed by atoms with Crippen molar-refractivity contribution in [1.29, 1.82) is 0 Å². The van der Waals surface area contributed by atoms with Crippen LogP contribution in [0.4, 0.5) is 17.1 Å². The molecule has 0 radical (unpaired) electrons. The summed E-state index contributed by atoms with van der Waals surface area (Å²) in [5.74, 6) is 0. The predicted octanol–water partition coefficient (Wildman–Crippen LogP) is 12.8. The number of benzene rings is 7. The van der Waals surface area contributed by atoms with E-state index in [9.17, 15) is 0 Å². The fourth-order valence-electron chi connectivity index (χ4n) is 7.38. The number of hydrogen-bond acceptors (Lipinski definition) is 3. The van der Waals surface area contributed by atoms with Gasteiger partial charge in [-0.2, -0.15) is 0 Å². The molecule has 0 amide bonds. The lowest BCUT2D eigenvalue weighted by Gasteiger charge is -2.26. The number of hydrogen-bond donors (Lipinski definition) is 0. The third-order valence-electron chi connectivity index (χ3n) is 9.63. The molecule has 10 rings (SSSR count). The van der Waals surface area contributed by atoms with Gasteiger partial charge < -0.3 is 9.47 Å². The van der Waals surface area contributed by atoms with Gasteiger partial charge in [0.25, 0.3) is 0 Å². The number of pyridine rings is 1. The van der Waals surface area contributed by atoms with Gasteiger partial charge in [0.05, 0.1) is 27.6 Å². The van der Waals surface area contributed by atoms with E-state index in [0.717, 1.165) is 28.3 Å². The van der Waals surface area contributed by atoms with Crippen LogP contribution in [0.5, 0.6) is 0 Å². The van der Waals surface area contributed by atoms with Gasteiger partial charge in [0.2, 0.25) is 0 Å². The Morgan fingerprint density at radius 1 is 0.469 bits per heavy atom. The van der Waals surface area contributed by atoms with Crippen LogP contribution in [0.2, 0.25) is 0 Å². The molecule has 3 aromatic heterocycles. The lowest BCUT2D eigenvalue weighted by Crippen LogP contribution is -2.11. The highest BCUT2D eigenvalue weighted by Gasteiger charge is 2.21. The lowest BCUT2D eigenvalue weighted by atomic mass is 10.0. The van der Waals surface area contributed by atoms with Gasteiger partial charge in [-0.15, -0.1) is 11.3 Å². The fraction of sp³-hybridized carbons (Fsp3) is 0. The molecule has 0 saturated carbocycles. The van der Waals surface area contributed by atoms with Crippen molar-refractivity contribution in [3.63, 3.8) is 0 Å². The Morgan fingerprint density at radius 3 is 1.94 bits per heavy atom. The first-order valence-electron chi connectivity index (χ1n) is 16.5. The molecule has 49 heavy (non-hydrogen) atoms. The molecular formula is C45H29N3S. The molecular weight excluding hydrogens is 615 g/mol. The first-order valence-corrected chi connectivity index (χ1v) is 17.4. The second-order valence-electron chi connectivity index (χ2n) is 12.5. The second-order valence-corrected chi connectivity index (χ2v) is 13.6. The van der Waals surface area contributed by atoms with Crippen LogP contribution in [-0.4, -0.2) is 9.55 Å². The van der Waals surface area contributed by atoms with E-state index in [0.29, 0.717) is 0 Å². The molecule has 0 aliphatic heterocycles. The van der Waals surface area contributed by atoms with Crippen LogP contribution in [0, 0.1) is 0 Å². The van der Waals surface area contributed by atoms with E-state index in [1.165, 1.54) is 58.4 Å². The van der Waals surface area contributed by atoms with E-state index < -0.39 is 0 Å². The Bertz CT molecular complexity index is 2820. The third kappa shape index (κ3) is 4.53. The Hall–Kier alpha value is -6.23. The lowest BCUT2D eigenvalue weighted by molar-refractivity contribution is 1.18. The van der Waals surface area contributed by atoms with Gasteiger partial charge in [0.1, 0.15) is 0 Å². The third-order valence-corrected chi connectivity index (χ3v) is 10.7. The summed E-state index contributed by atoms with van der Waals surface area (Å²) in [5, 5.41) is 7.43. The maximum Gasteiger partial charge on any atom is 0.0738 e. The van der Waals surface area contributed by atoms with Crippen molar-refractivity contribution in [3.05, 3.63) is 176 Å². The SMILES string of the molecule is c1ccc(-c2ccc(N(c3ccc4c5ccccc5n(-c5ccccc5)c4c3)c3cncc4sc5cc6ccccc6cc5c34)cc2)cc1. The van der Waals surface area contributed by atoms with Crippen LogP contribution in [0.1, 0.15) is 0 Å². The predicted molar refractivity (Wildman–Crippen MR) is 209 cm³/mol. The first-order chi connectivity index (χ1) is 24.3. The Balaban J connectivity index is 1.25. The maximum absolute atomic E-state index is 4.84. The highest BCUT2D eigenvalue weighted by Crippen LogP contribution is 2.46. The van der Waals surface area contributed by atoms with Crippen molar-refractivity contribution in [2.24, 2.45) is 0 Å². The van der Waals surface area contributed by atoms with Crippen LogP contribution in [0.3, 0.4) is 0 Å². The number of anilines is 3. The zero-order valence-corrected chi connectivity index (χ0v) is 27.3. The van der Waals surface area contributed by atoms with Crippen molar-refractivity contribution in [2.45, 2.75) is 0 Å². The van der Waals surface area contributed by atoms with Crippen molar-refractivity contribution in [3.8, 4) is 16.8 Å². The number of aromatic nitrogens is 2. The monoisotopic (exact) mass is 643 g/mol. The molecule has 4 heteroatoms. The van der Waals surface area contributed by atoms with E-state index >= 15 is 0 Å². The summed E-state index contributed by atoms with van der Waals surface area (Å²) >= 11 is 1.81. The topological polar surface area (TPSA) is 21.1 Å². The average molecular weight is 644 g/mol. The largest absolute Gasteiger partial charge is 0.309 e. The summed E-state index contributed by atoms with van der Waals surface area (Å²) in [6, 6.07) is 59.0. The highest BCUT2D eigenvalue weighted by molar-refractivity contribution is 7.26. The van der Waals surface area contributed by atoms with E-state index in [1.807, 2.05) is 23.7 Å². The Morgan fingerprint density at radius 2 is 1.12 bits per heavy atom. The summed E-state index contributed by atoms with van der Waals surface area (Å²) in [7, 11) is 0. The smallest absolute Gasteiger partial charge is 0.0738 e. The van der Waals surface area contributed by atoms with Gasteiger partial charge in [-0.25, -0.2) is 0 Å². The molecule has 0 N–H and O–H groups in total. The van der Waals surface area contributed by atoms with Gasteiger partial charge >= 0.3 is 0 Å². The molecule has 10 aromatic rings. The molecule has 0 atom stereocenters. The van der Waals surface area contributed by atoms with Gasteiger partial charge in [-0.3, -0.25) is 4.98 Å². The second kappa shape index (κ2) is 11.2. The van der Waals surface area contributed by atoms with Crippen molar-refractivity contribution >= 4 is 81.1 Å². The van der Waals surface area contributed by atoms with Crippen molar-refractivity contribution in [2.75, 3.05) is 4.90 Å². The fourth-order valence-corrected chi connectivity index (χ4v) is 8.50. The van der Waals surface area contributed by atoms with Crippen molar-refractivity contribution in [1.82, 2.24) is 9.55 Å². The van der Waals surface area contributed by atoms with Gasteiger partial charge in [0, 0.05) is 49.5 Å². The summed E-state index contributed by atoms with van der Waals surface area (Å²) in [6.07, 6.45) is 4.05. The van der Waals surface area contributed by atoms with Gasteiger partial charge in [0.15, 0.2) is 0 Å². The molecule has 7 aromatic carbocycles. The molecule has 3 nitrogen and oxygen atoms in total. The zero-order chi connectivity index (χ0) is 32.3. The minimum Gasteiger partial charge on any atom is -0.309 e. The molecule has 0 fully saturated rings. The van der Waals surface area contributed by atoms with Gasteiger partial charge in [-0.1, -0.05) is 109 Å². The quantitative estimate of drug-likeness (QED) is 0.186. The van der Waals surface area contributed by atoms with Crippen LogP contribution in [0.25, 0.3) is 69.6 Å². The Kier molecular flexibility index (Phi) is 6.36. The standard InChI is InChI=1S/C45H29N3S/c1-3-11-30(12-4-1)31-19-21-35(22-20-31)47(42-28-46-29-44-45(42)39-25-32-13-7-8-14-33(32)26-43(39)49-44)36-23-24-38-37-17-9-10-18-40(37)48(41(38)27-36)34-15-5-2-6-16-34/h1-29H. The zero-order valence-electron chi connectivity index (χ0n) is 26.5. The minimum atomic E-state index is 1.06. The number of para-hydroxylation sites is 2. The van der Waals surface area contributed by atoms with Crippen molar-refractivity contribution < 1.29 is 0 Å². The average Bonchev–Trinajstić information content (AvgIpc) is 3.70. The molecule has 0 aliphatic rings. The summed E-state index contributed by atoms with van der Waals surface area (Å²) in [4.78, 5) is 7.23. The van der Waals surface area contributed by atoms with Gasteiger partial charge in [-0.05, 0) is 76.5 Å². The molecule has 0 saturated heterocycles. The van der Waals surface area contributed by atoms with Crippen LogP contribution < -0.4 is 4.90 Å².